The van der Waals surface area contributed by atoms with Crippen molar-refractivity contribution in [2.45, 2.75) is 33.2 Å². The molecule has 0 aliphatic carbocycles. The lowest BCUT2D eigenvalue weighted by atomic mass is 10.1. The Hall–Kier alpha value is -3.81. The molecule has 0 atom stereocenters. The van der Waals surface area contributed by atoms with E-state index in [2.05, 4.69) is 25.4 Å². The lowest BCUT2D eigenvalue weighted by Crippen LogP contribution is -2.23. The largest absolute Gasteiger partial charge is 0.347 e. The molecule has 4 rings (SSSR count). The second kappa shape index (κ2) is 8.28. The normalized spacial score (nSPS) is 11.1. The van der Waals surface area contributed by atoms with E-state index in [0.717, 1.165) is 16.7 Å². The number of nitrogens with zero attached hydrogens (tertiary/aromatic N) is 5. The maximum Gasteiger partial charge on any atom is 0.271 e. The second-order valence-corrected chi connectivity index (χ2v) is 7.29. The number of benzene rings is 1. The van der Waals surface area contributed by atoms with Crippen LogP contribution in [-0.4, -0.2) is 30.6 Å². The summed E-state index contributed by atoms with van der Waals surface area (Å²) in [5.41, 5.74) is 3.26. The van der Waals surface area contributed by atoms with Crippen molar-refractivity contribution in [3.63, 3.8) is 0 Å². The molecule has 1 aromatic carbocycles. The van der Waals surface area contributed by atoms with E-state index in [9.17, 15) is 4.79 Å². The van der Waals surface area contributed by atoms with E-state index in [4.69, 9.17) is 4.52 Å². The molecular weight excluding hydrogens is 380 g/mol. The summed E-state index contributed by atoms with van der Waals surface area (Å²) in [7, 11) is 0. The fraction of sp³-hybridized carbons (Fsp3) is 0.227. The molecule has 0 aliphatic rings. The molecule has 0 radical (unpaired) electrons. The summed E-state index contributed by atoms with van der Waals surface area (Å²) in [4.78, 5) is 25.4. The Morgan fingerprint density at radius 1 is 1.17 bits per heavy atom. The predicted molar refractivity (Wildman–Crippen MR) is 111 cm³/mol. The average Bonchev–Trinajstić information content (AvgIpc) is 3.43. The van der Waals surface area contributed by atoms with Gasteiger partial charge in [-0.15, -0.1) is 0 Å². The van der Waals surface area contributed by atoms with Gasteiger partial charge in [0.2, 0.25) is 0 Å². The van der Waals surface area contributed by atoms with Crippen molar-refractivity contribution in [1.29, 1.82) is 0 Å². The molecule has 152 valence electrons. The van der Waals surface area contributed by atoms with Crippen LogP contribution in [0.5, 0.6) is 0 Å². The minimum atomic E-state index is -0.235. The Morgan fingerprint density at radius 2 is 2.00 bits per heavy atom. The number of rotatable bonds is 6. The highest BCUT2D eigenvalue weighted by Gasteiger charge is 2.13. The van der Waals surface area contributed by atoms with Gasteiger partial charge in [-0.25, -0.2) is 9.97 Å². The molecule has 0 aliphatic heterocycles. The number of aryl methyl sites for hydroxylation is 1. The van der Waals surface area contributed by atoms with Gasteiger partial charge in [0.1, 0.15) is 17.8 Å². The van der Waals surface area contributed by atoms with Crippen molar-refractivity contribution in [3.05, 3.63) is 77.8 Å². The summed E-state index contributed by atoms with van der Waals surface area (Å²) in [6, 6.07) is 11.6. The molecule has 0 fully saturated rings. The number of aromatic nitrogens is 5. The van der Waals surface area contributed by atoms with Gasteiger partial charge in [0.15, 0.2) is 5.82 Å². The van der Waals surface area contributed by atoms with E-state index < -0.39 is 0 Å². The van der Waals surface area contributed by atoms with Crippen LogP contribution < -0.4 is 5.32 Å². The molecule has 8 nitrogen and oxygen atoms in total. The number of nitrogens with one attached hydrogen (secondary N) is 1. The maximum absolute atomic E-state index is 12.4. The molecule has 1 amide bonds. The van der Waals surface area contributed by atoms with Gasteiger partial charge in [-0.1, -0.05) is 43.3 Å². The van der Waals surface area contributed by atoms with Crippen LogP contribution >= 0.6 is 0 Å². The quantitative estimate of drug-likeness (QED) is 0.528. The zero-order valence-electron chi connectivity index (χ0n) is 17.0. The van der Waals surface area contributed by atoms with E-state index in [0.29, 0.717) is 29.8 Å². The molecule has 1 N–H and O–H groups in total. The Labute approximate surface area is 174 Å². The topological polar surface area (TPSA) is 98.7 Å². The highest BCUT2D eigenvalue weighted by atomic mass is 16.5. The van der Waals surface area contributed by atoms with Crippen LogP contribution in [0.3, 0.4) is 0 Å². The molecule has 3 aromatic heterocycles. The van der Waals surface area contributed by atoms with Crippen molar-refractivity contribution in [2.75, 3.05) is 0 Å². The Kier molecular flexibility index (Phi) is 5.38. The van der Waals surface area contributed by atoms with Gasteiger partial charge in [-0.2, -0.15) is 4.98 Å². The minimum absolute atomic E-state index is 0.191. The number of amides is 1. The number of hydrogen-bond donors (Lipinski definition) is 1. The van der Waals surface area contributed by atoms with Crippen LogP contribution in [0.15, 0.2) is 59.6 Å². The molecule has 0 bridgehead atoms. The summed E-state index contributed by atoms with van der Waals surface area (Å²) in [6.45, 7) is 6.48. The number of carbonyl (C=O) groups excluding carboxylic acids is 1. The third-order valence-corrected chi connectivity index (χ3v) is 4.73. The summed E-state index contributed by atoms with van der Waals surface area (Å²) in [5, 5.41) is 6.87. The molecule has 8 heteroatoms. The molecule has 30 heavy (non-hydrogen) atoms. The van der Waals surface area contributed by atoms with Crippen LogP contribution in [0.2, 0.25) is 0 Å². The molecular formula is C22H22N6O2. The van der Waals surface area contributed by atoms with Crippen molar-refractivity contribution < 1.29 is 9.32 Å². The van der Waals surface area contributed by atoms with Crippen molar-refractivity contribution >= 4 is 5.91 Å². The SMILES string of the molecule is Cc1ccccc1CNC(=O)c1cn(-c2ccc(-c3nc(C(C)C)no3)cn2)cn1. The summed E-state index contributed by atoms with van der Waals surface area (Å²) >= 11 is 0. The highest BCUT2D eigenvalue weighted by molar-refractivity contribution is 5.92. The van der Waals surface area contributed by atoms with E-state index >= 15 is 0 Å². The highest BCUT2D eigenvalue weighted by Crippen LogP contribution is 2.20. The lowest BCUT2D eigenvalue weighted by molar-refractivity contribution is 0.0946. The van der Waals surface area contributed by atoms with E-state index in [1.807, 2.05) is 57.2 Å². The molecule has 3 heterocycles. The first-order chi connectivity index (χ1) is 14.5. The lowest BCUT2D eigenvalue weighted by Gasteiger charge is -2.06. The Balaban J connectivity index is 1.44. The molecule has 0 unspecified atom stereocenters. The summed E-state index contributed by atoms with van der Waals surface area (Å²) < 4.78 is 6.99. The smallest absolute Gasteiger partial charge is 0.271 e. The Bertz CT molecular complexity index is 1160. The maximum atomic E-state index is 12.4. The average molecular weight is 402 g/mol. The Morgan fingerprint density at radius 3 is 2.70 bits per heavy atom. The monoisotopic (exact) mass is 402 g/mol. The first-order valence-corrected chi connectivity index (χ1v) is 9.68. The summed E-state index contributed by atoms with van der Waals surface area (Å²) in [5.74, 6) is 1.68. The molecule has 0 saturated heterocycles. The van der Waals surface area contributed by atoms with Crippen LogP contribution in [-0.2, 0) is 6.54 Å². The number of carbonyl (C=O) groups is 1. The van der Waals surface area contributed by atoms with E-state index in [-0.39, 0.29) is 11.8 Å². The first kappa shape index (κ1) is 19.5. The predicted octanol–water partition coefficient (Wildman–Crippen LogP) is 3.68. The van der Waals surface area contributed by atoms with E-state index in [1.165, 1.54) is 0 Å². The second-order valence-electron chi connectivity index (χ2n) is 7.29. The minimum Gasteiger partial charge on any atom is -0.347 e. The molecule has 0 spiro atoms. The van der Waals surface area contributed by atoms with Gasteiger partial charge in [0.05, 0.1) is 5.56 Å². The molecule has 0 saturated carbocycles. The molecule has 4 aromatic rings. The first-order valence-electron chi connectivity index (χ1n) is 9.68. The third-order valence-electron chi connectivity index (χ3n) is 4.73. The van der Waals surface area contributed by atoms with Gasteiger partial charge < -0.3 is 9.84 Å². The number of hydrogen-bond acceptors (Lipinski definition) is 6. The van der Waals surface area contributed by atoms with Crippen molar-refractivity contribution in [2.24, 2.45) is 0 Å². The standard InChI is InChI=1S/C22H22N6O2/c1-14(2)20-26-22(30-27-20)17-8-9-19(23-11-17)28-12-18(25-13-28)21(29)24-10-16-7-5-4-6-15(16)3/h4-9,11-14H,10H2,1-3H3,(H,24,29). The van der Waals surface area contributed by atoms with Crippen LogP contribution in [0.25, 0.3) is 17.3 Å². The fourth-order valence-corrected chi connectivity index (χ4v) is 2.89. The van der Waals surface area contributed by atoms with Crippen molar-refractivity contribution in [1.82, 2.24) is 30.0 Å². The zero-order chi connectivity index (χ0) is 21.1. The summed E-state index contributed by atoms with van der Waals surface area (Å²) in [6.07, 6.45) is 4.87. The van der Waals surface area contributed by atoms with Crippen LogP contribution in [0.4, 0.5) is 0 Å². The van der Waals surface area contributed by atoms with E-state index in [1.54, 1.807) is 23.3 Å². The number of imidazole rings is 1. The van der Waals surface area contributed by atoms with Gasteiger partial charge in [-0.05, 0) is 30.2 Å². The zero-order valence-corrected chi connectivity index (χ0v) is 17.0. The van der Waals surface area contributed by atoms with Crippen molar-refractivity contribution in [3.8, 4) is 17.3 Å². The number of pyridine rings is 1. The fourth-order valence-electron chi connectivity index (χ4n) is 2.89. The van der Waals surface area contributed by atoms with Gasteiger partial charge in [-0.3, -0.25) is 9.36 Å². The van der Waals surface area contributed by atoms with Gasteiger partial charge in [0, 0.05) is 24.9 Å². The third kappa shape index (κ3) is 4.12. The van der Waals surface area contributed by atoms with Gasteiger partial charge in [0.25, 0.3) is 11.8 Å². The van der Waals surface area contributed by atoms with Crippen LogP contribution in [0.1, 0.15) is 47.2 Å². The van der Waals surface area contributed by atoms with Crippen LogP contribution in [0, 0.1) is 6.92 Å². The van der Waals surface area contributed by atoms with Gasteiger partial charge >= 0.3 is 0 Å².